The zero-order valence-corrected chi connectivity index (χ0v) is 12.3. The lowest BCUT2D eigenvalue weighted by molar-refractivity contribution is 0.372. The van der Waals surface area contributed by atoms with Gasteiger partial charge in [-0.15, -0.1) is 0 Å². The van der Waals surface area contributed by atoms with Crippen LogP contribution >= 0.6 is 11.6 Å². The van der Waals surface area contributed by atoms with Crippen LogP contribution in [0.1, 0.15) is 46.1 Å². The molecule has 0 heterocycles. The highest BCUT2D eigenvalue weighted by atomic mass is 35.5. The number of halogens is 1. The Hall–Kier alpha value is -0.530. The van der Waals surface area contributed by atoms with E-state index in [1.54, 1.807) is 0 Å². The second-order valence-corrected chi connectivity index (χ2v) is 6.47. The predicted octanol–water partition coefficient (Wildman–Crippen LogP) is 4.47. The van der Waals surface area contributed by atoms with E-state index in [1.807, 2.05) is 12.1 Å². The van der Waals surface area contributed by atoms with Crippen LogP contribution in [0, 0.1) is 5.92 Å². The van der Waals surface area contributed by atoms with Crippen molar-refractivity contribution in [2.45, 2.75) is 46.1 Å². The third kappa shape index (κ3) is 5.10. The van der Waals surface area contributed by atoms with Crippen molar-refractivity contribution < 1.29 is 0 Å². The summed E-state index contributed by atoms with van der Waals surface area (Å²) in [6.07, 6.45) is 0. The van der Waals surface area contributed by atoms with Crippen LogP contribution in [0.25, 0.3) is 0 Å². The van der Waals surface area contributed by atoms with Crippen molar-refractivity contribution in [2.24, 2.45) is 5.92 Å². The highest BCUT2D eigenvalue weighted by Crippen LogP contribution is 2.26. The van der Waals surface area contributed by atoms with Gasteiger partial charge in [0.25, 0.3) is 0 Å². The Bertz CT molecular complexity index is 352. The molecule has 1 N–H and O–H groups in total. The molecular weight excluding hydrogens is 230 g/mol. The van der Waals surface area contributed by atoms with Crippen molar-refractivity contribution in [3.63, 3.8) is 0 Å². The van der Waals surface area contributed by atoms with Crippen LogP contribution in [-0.2, 0) is 0 Å². The molecule has 96 valence electrons. The quantitative estimate of drug-likeness (QED) is 0.835. The fourth-order valence-corrected chi connectivity index (χ4v) is 2.09. The summed E-state index contributed by atoms with van der Waals surface area (Å²) in [6, 6.07) is 8.21. The summed E-state index contributed by atoms with van der Waals surface area (Å²) in [6.45, 7) is 12.1. The molecule has 0 bridgehead atoms. The van der Waals surface area contributed by atoms with Gasteiger partial charge in [0.1, 0.15) is 0 Å². The fraction of sp³-hybridized carbons (Fsp3) is 0.600. The van der Waals surface area contributed by atoms with E-state index in [-0.39, 0.29) is 5.54 Å². The molecule has 1 atom stereocenters. The van der Waals surface area contributed by atoms with Crippen LogP contribution in [0.3, 0.4) is 0 Å². The normalized spacial score (nSPS) is 14.1. The van der Waals surface area contributed by atoms with Gasteiger partial charge in [0.15, 0.2) is 0 Å². The Morgan fingerprint density at radius 1 is 1.24 bits per heavy atom. The number of nitrogens with one attached hydrogen (secondary N) is 1. The molecule has 0 aliphatic heterocycles. The second kappa shape index (κ2) is 5.88. The van der Waals surface area contributed by atoms with E-state index in [9.17, 15) is 0 Å². The van der Waals surface area contributed by atoms with Gasteiger partial charge < -0.3 is 5.32 Å². The maximum Gasteiger partial charge on any atom is 0.0408 e. The zero-order chi connectivity index (χ0) is 13.1. The lowest BCUT2D eigenvalue weighted by Crippen LogP contribution is -2.39. The minimum absolute atomic E-state index is 0.158. The van der Waals surface area contributed by atoms with Gasteiger partial charge in [-0.25, -0.2) is 0 Å². The van der Waals surface area contributed by atoms with Crippen molar-refractivity contribution in [3.8, 4) is 0 Å². The zero-order valence-electron chi connectivity index (χ0n) is 11.5. The standard InChI is InChI=1S/C15H24ClN/c1-11(2)14(10-17-15(3,4)5)12-7-6-8-13(16)9-12/h6-9,11,14,17H,10H2,1-5H3. The predicted molar refractivity (Wildman–Crippen MR) is 76.8 cm³/mol. The minimum Gasteiger partial charge on any atom is -0.311 e. The van der Waals surface area contributed by atoms with Crippen molar-refractivity contribution in [2.75, 3.05) is 6.54 Å². The first-order valence-electron chi connectivity index (χ1n) is 6.30. The van der Waals surface area contributed by atoms with Gasteiger partial charge >= 0.3 is 0 Å². The molecule has 1 nitrogen and oxygen atoms in total. The van der Waals surface area contributed by atoms with Crippen LogP contribution in [0.2, 0.25) is 5.02 Å². The molecule has 1 rings (SSSR count). The van der Waals surface area contributed by atoms with Gasteiger partial charge in [-0.05, 0) is 50.3 Å². The Balaban J connectivity index is 2.79. The van der Waals surface area contributed by atoms with E-state index in [1.165, 1.54) is 5.56 Å². The maximum atomic E-state index is 6.06. The van der Waals surface area contributed by atoms with Crippen molar-refractivity contribution in [1.29, 1.82) is 0 Å². The second-order valence-electron chi connectivity index (χ2n) is 6.04. The van der Waals surface area contributed by atoms with E-state index in [0.29, 0.717) is 11.8 Å². The van der Waals surface area contributed by atoms with Crippen LogP contribution in [0.5, 0.6) is 0 Å². The molecule has 0 aromatic heterocycles. The summed E-state index contributed by atoms with van der Waals surface area (Å²) in [7, 11) is 0. The third-order valence-electron chi connectivity index (χ3n) is 2.93. The van der Waals surface area contributed by atoms with Crippen molar-refractivity contribution >= 4 is 11.6 Å². The molecule has 0 aliphatic carbocycles. The molecule has 0 spiro atoms. The summed E-state index contributed by atoms with van der Waals surface area (Å²) >= 11 is 6.06. The van der Waals surface area contributed by atoms with Gasteiger partial charge in [0, 0.05) is 17.1 Å². The highest BCUT2D eigenvalue weighted by molar-refractivity contribution is 6.30. The van der Waals surface area contributed by atoms with Crippen LogP contribution < -0.4 is 5.32 Å². The number of rotatable bonds is 4. The molecule has 1 aromatic rings. The van der Waals surface area contributed by atoms with E-state index in [4.69, 9.17) is 11.6 Å². The molecule has 0 aliphatic rings. The molecule has 0 radical (unpaired) electrons. The van der Waals surface area contributed by atoms with Gasteiger partial charge in [-0.1, -0.05) is 37.6 Å². The number of hydrogen-bond donors (Lipinski definition) is 1. The number of benzene rings is 1. The first-order valence-corrected chi connectivity index (χ1v) is 6.68. The average Bonchev–Trinajstić information content (AvgIpc) is 2.15. The fourth-order valence-electron chi connectivity index (χ4n) is 1.89. The van der Waals surface area contributed by atoms with E-state index < -0.39 is 0 Å². The Labute approximate surface area is 111 Å². The third-order valence-corrected chi connectivity index (χ3v) is 3.17. The largest absolute Gasteiger partial charge is 0.311 e. The summed E-state index contributed by atoms with van der Waals surface area (Å²) in [5.41, 5.74) is 1.48. The van der Waals surface area contributed by atoms with Crippen molar-refractivity contribution in [1.82, 2.24) is 5.32 Å². The first-order chi connectivity index (χ1) is 7.79. The summed E-state index contributed by atoms with van der Waals surface area (Å²) in [4.78, 5) is 0. The average molecular weight is 254 g/mol. The summed E-state index contributed by atoms with van der Waals surface area (Å²) in [5.74, 6) is 1.11. The lowest BCUT2D eigenvalue weighted by atomic mass is 9.88. The first kappa shape index (κ1) is 14.5. The highest BCUT2D eigenvalue weighted by Gasteiger charge is 2.18. The summed E-state index contributed by atoms with van der Waals surface area (Å²) < 4.78 is 0. The molecule has 17 heavy (non-hydrogen) atoms. The molecular formula is C15H24ClN. The topological polar surface area (TPSA) is 12.0 Å². The van der Waals surface area contributed by atoms with E-state index in [0.717, 1.165) is 11.6 Å². The molecule has 1 aromatic carbocycles. The summed E-state index contributed by atoms with van der Waals surface area (Å²) in [5, 5.41) is 4.40. The SMILES string of the molecule is CC(C)C(CNC(C)(C)C)c1cccc(Cl)c1. The van der Waals surface area contributed by atoms with Gasteiger partial charge in [0.05, 0.1) is 0 Å². The molecule has 0 saturated carbocycles. The van der Waals surface area contributed by atoms with Crippen LogP contribution in [0.4, 0.5) is 0 Å². The van der Waals surface area contributed by atoms with Crippen LogP contribution in [-0.4, -0.2) is 12.1 Å². The Morgan fingerprint density at radius 2 is 1.88 bits per heavy atom. The Morgan fingerprint density at radius 3 is 2.35 bits per heavy atom. The van der Waals surface area contributed by atoms with Crippen LogP contribution in [0.15, 0.2) is 24.3 Å². The van der Waals surface area contributed by atoms with Gasteiger partial charge in [-0.2, -0.15) is 0 Å². The smallest absolute Gasteiger partial charge is 0.0408 e. The van der Waals surface area contributed by atoms with E-state index >= 15 is 0 Å². The van der Waals surface area contributed by atoms with E-state index in [2.05, 4.69) is 52.1 Å². The molecule has 1 unspecified atom stereocenters. The maximum absolute atomic E-state index is 6.06. The van der Waals surface area contributed by atoms with Gasteiger partial charge in [-0.3, -0.25) is 0 Å². The van der Waals surface area contributed by atoms with Gasteiger partial charge in [0.2, 0.25) is 0 Å². The Kier molecular flexibility index (Phi) is 5.03. The number of hydrogen-bond acceptors (Lipinski definition) is 1. The molecule has 0 fully saturated rings. The minimum atomic E-state index is 0.158. The molecule has 0 amide bonds. The monoisotopic (exact) mass is 253 g/mol. The lowest BCUT2D eigenvalue weighted by Gasteiger charge is -2.28. The molecule has 2 heteroatoms. The molecule has 0 saturated heterocycles. The van der Waals surface area contributed by atoms with Crippen molar-refractivity contribution in [3.05, 3.63) is 34.9 Å².